The molecule has 2 aromatic carbocycles. The van der Waals surface area contributed by atoms with E-state index in [-0.39, 0.29) is 7.25 Å². The Morgan fingerprint density at radius 3 is 1.68 bits per heavy atom. The molecule has 25 heavy (non-hydrogen) atoms. The molecule has 0 amide bonds. The van der Waals surface area contributed by atoms with Crippen LogP contribution in [0.15, 0.2) is 60.7 Å². The summed E-state index contributed by atoms with van der Waals surface area (Å²) >= 11 is -4.71. The van der Waals surface area contributed by atoms with Gasteiger partial charge in [0.2, 0.25) is 0 Å². The topological polar surface area (TPSA) is 0 Å². The molecular weight excluding hydrogens is 442 g/mol. The quantitative estimate of drug-likeness (QED) is 0.444. The van der Waals surface area contributed by atoms with Crippen LogP contribution in [0.1, 0.15) is 36.4 Å². The summed E-state index contributed by atoms with van der Waals surface area (Å²) in [6.45, 7) is 3.92. The predicted molar refractivity (Wildman–Crippen MR) is 113 cm³/mol. The van der Waals surface area contributed by atoms with Crippen molar-refractivity contribution in [2.45, 2.75) is 24.9 Å². The monoisotopic (exact) mass is 464 g/mol. The van der Waals surface area contributed by atoms with Gasteiger partial charge in [-0.15, -0.1) is 0 Å². The second kappa shape index (κ2) is 5.55. The third-order valence-electron chi connectivity index (χ3n) is 7.16. The number of hydrogen-bond acceptors (Lipinski definition) is 0. The second-order valence-electron chi connectivity index (χ2n) is 7.91. The molecule has 0 radical (unpaired) electrons. The van der Waals surface area contributed by atoms with E-state index in [1.54, 1.807) is 0 Å². The van der Waals surface area contributed by atoms with Gasteiger partial charge in [0.15, 0.2) is 0 Å². The first-order valence-corrected chi connectivity index (χ1v) is 27.5. The molecule has 4 heteroatoms. The standard InChI is InChI=1S/2C9H7.C2H5.CH5Si.2ClH.Zr/c2*1-2-5-9-7-3-6-8(9)4-1;2*1-2;;;/h2*1-7H;1H2,2H3;2H2,1H3;2*1H;/q;;;;;;+2/p-2. The van der Waals surface area contributed by atoms with Gasteiger partial charge in [-0.3, -0.25) is 0 Å². The first-order chi connectivity index (χ1) is 11.9. The molecule has 2 aliphatic rings. The molecule has 0 heterocycles. The fraction of sp³-hybridized carbons (Fsp3) is 0.238. The van der Waals surface area contributed by atoms with E-state index in [0.717, 1.165) is 4.13 Å². The van der Waals surface area contributed by atoms with Crippen LogP contribution in [0.2, 0.25) is 10.7 Å². The van der Waals surface area contributed by atoms with E-state index in [9.17, 15) is 0 Å². The molecule has 2 aliphatic carbocycles. The SMILES string of the molecule is C[CH2][Zr]([Cl])([Cl])([SiH2]C)([CH]1C=Cc2ccccc21)[CH]1C=Cc2ccccc21. The molecule has 0 bridgehead atoms. The Morgan fingerprint density at radius 2 is 1.28 bits per heavy atom. The van der Waals surface area contributed by atoms with Gasteiger partial charge in [-0.05, 0) is 0 Å². The van der Waals surface area contributed by atoms with Gasteiger partial charge in [0.1, 0.15) is 0 Å². The van der Waals surface area contributed by atoms with Crippen molar-refractivity contribution < 1.29 is 14.1 Å². The molecule has 130 valence electrons. The molecule has 0 saturated carbocycles. The maximum atomic E-state index is 8.02. The van der Waals surface area contributed by atoms with Crippen molar-refractivity contribution >= 4 is 35.8 Å². The van der Waals surface area contributed by atoms with Crippen LogP contribution in [-0.2, 0) is 14.1 Å². The summed E-state index contributed by atoms with van der Waals surface area (Å²) in [5, 5.41) is 0. The van der Waals surface area contributed by atoms with E-state index in [1.165, 1.54) is 22.3 Å². The Labute approximate surface area is 156 Å². The summed E-state index contributed by atoms with van der Waals surface area (Å²) in [5.74, 6) is 0. The summed E-state index contributed by atoms with van der Waals surface area (Å²) in [6.07, 6.45) is 9.14. The van der Waals surface area contributed by atoms with Crippen LogP contribution in [0.3, 0.4) is 0 Å². The van der Waals surface area contributed by atoms with Crippen LogP contribution >= 0.6 is 17.0 Å². The van der Waals surface area contributed by atoms with Crippen molar-refractivity contribution in [2.24, 2.45) is 0 Å². The van der Waals surface area contributed by atoms with Gasteiger partial charge < -0.3 is 0 Å². The Bertz CT molecular complexity index is 853. The minimum atomic E-state index is -4.71. The molecule has 0 N–H and O–H groups in total. The molecule has 2 aromatic rings. The van der Waals surface area contributed by atoms with Crippen LogP contribution in [0.4, 0.5) is 0 Å². The Kier molecular flexibility index (Phi) is 3.99. The summed E-state index contributed by atoms with van der Waals surface area (Å²) in [4.78, 5) is 0. The van der Waals surface area contributed by atoms with Crippen molar-refractivity contribution in [3.63, 3.8) is 0 Å². The van der Waals surface area contributed by atoms with Crippen molar-refractivity contribution in [2.75, 3.05) is 0 Å². The first-order valence-electron chi connectivity index (χ1n) is 9.22. The summed E-state index contributed by atoms with van der Waals surface area (Å²) < 4.78 is 1.31. The van der Waals surface area contributed by atoms with Gasteiger partial charge in [0.25, 0.3) is 0 Å². The van der Waals surface area contributed by atoms with Gasteiger partial charge in [0, 0.05) is 0 Å². The number of fused-ring (bicyclic) bond motifs is 2. The Hall–Kier alpha value is -0.400. The zero-order valence-corrected chi connectivity index (χ0v) is 20.1. The van der Waals surface area contributed by atoms with Crippen molar-refractivity contribution in [1.82, 2.24) is 0 Å². The molecule has 0 aliphatic heterocycles. The molecule has 4 rings (SSSR count). The molecule has 2 unspecified atom stereocenters. The summed E-state index contributed by atoms with van der Waals surface area (Å²) in [7, 11) is 16.0. The van der Waals surface area contributed by atoms with Crippen LogP contribution in [0, 0.1) is 0 Å². The minimum absolute atomic E-state index is 0.197. The van der Waals surface area contributed by atoms with E-state index >= 15 is 0 Å². The average Bonchev–Trinajstić information content (AvgIpc) is 3.28. The van der Waals surface area contributed by atoms with Gasteiger partial charge in [-0.2, -0.15) is 0 Å². The summed E-state index contributed by atoms with van der Waals surface area (Å²) in [6, 6.07) is 17.3. The van der Waals surface area contributed by atoms with E-state index in [2.05, 4.69) is 86.3 Å². The maximum absolute atomic E-state index is 8.02. The van der Waals surface area contributed by atoms with Gasteiger partial charge in [-0.25, -0.2) is 0 Å². The molecule has 2 atom stereocenters. The normalized spacial score (nSPS) is 24.3. The van der Waals surface area contributed by atoms with E-state index in [0.29, 0.717) is 0 Å². The van der Waals surface area contributed by atoms with Crippen LogP contribution in [0.5, 0.6) is 0 Å². The van der Waals surface area contributed by atoms with Crippen molar-refractivity contribution in [3.8, 4) is 0 Å². The predicted octanol–water partition coefficient (Wildman–Crippen LogP) is 6.63. The third kappa shape index (κ3) is 2.27. The van der Waals surface area contributed by atoms with Crippen molar-refractivity contribution in [1.29, 1.82) is 0 Å². The molecule has 0 aromatic heterocycles. The van der Waals surface area contributed by atoms with E-state index in [1.807, 2.05) is 0 Å². The molecule has 0 saturated heterocycles. The zero-order chi connectivity index (χ0) is 17.8. The second-order valence-corrected chi connectivity index (χ2v) is 62.0. The molecule has 0 nitrogen and oxygen atoms in total. The van der Waals surface area contributed by atoms with E-state index in [4.69, 9.17) is 17.0 Å². The molecular formula is C21H24Cl2SiZr. The van der Waals surface area contributed by atoms with Crippen molar-refractivity contribution in [3.05, 3.63) is 82.9 Å². The fourth-order valence-corrected chi connectivity index (χ4v) is 37.2. The first kappa shape index (κ1) is 18.0. The Balaban J connectivity index is 2.00. The third-order valence-corrected chi connectivity index (χ3v) is 64.5. The number of rotatable bonds is 4. The zero-order valence-electron chi connectivity index (χ0n) is 14.8. The molecule has 0 spiro atoms. The fourth-order valence-electron chi connectivity index (χ4n) is 5.21. The number of halogens is 2. The number of benzene rings is 2. The van der Waals surface area contributed by atoms with Crippen LogP contribution in [0.25, 0.3) is 12.2 Å². The van der Waals surface area contributed by atoms with Gasteiger partial charge in [-0.1, -0.05) is 0 Å². The number of allylic oxidation sites excluding steroid dienone is 2. The van der Waals surface area contributed by atoms with Crippen LogP contribution < -0.4 is 0 Å². The van der Waals surface area contributed by atoms with E-state index < -0.39 is 20.7 Å². The average molecular weight is 467 g/mol. The van der Waals surface area contributed by atoms with Crippen LogP contribution in [-0.4, -0.2) is 6.65 Å². The molecule has 0 fully saturated rings. The van der Waals surface area contributed by atoms with Gasteiger partial charge >= 0.3 is 158 Å². The number of hydrogen-bond donors (Lipinski definition) is 0. The summed E-state index contributed by atoms with van der Waals surface area (Å²) in [5.41, 5.74) is 5.27. The van der Waals surface area contributed by atoms with Gasteiger partial charge in [0.05, 0.1) is 0 Å². The Morgan fingerprint density at radius 1 is 0.840 bits per heavy atom.